The van der Waals surface area contributed by atoms with Crippen molar-refractivity contribution in [2.24, 2.45) is 5.73 Å². The van der Waals surface area contributed by atoms with Crippen molar-refractivity contribution in [2.75, 3.05) is 11.9 Å². The molecule has 1 aromatic rings. The van der Waals surface area contributed by atoms with Crippen LogP contribution >= 0.6 is 27.5 Å². The van der Waals surface area contributed by atoms with Crippen LogP contribution in [-0.2, 0) is 4.79 Å². The third kappa shape index (κ3) is 4.20. The zero-order valence-corrected chi connectivity index (χ0v) is 10.4. The Hall–Kier alpha value is -0.580. The van der Waals surface area contributed by atoms with Gasteiger partial charge in [0.2, 0.25) is 5.91 Å². The Morgan fingerprint density at radius 3 is 2.87 bits per heavy atom. The van der Waals surface area contributed by atoms with Crippen LogP contribution in [0.1, 0.15) is 12.8 Å². The van der Waals surface area contributed by atoms with Crippen molar-refractivity contribution in [3.63, 3.8) is 0 Å². The lowest BCUT2D eigenvalue weighted by Crippen LogP contribution is -2.13. The molecule has 15 heavy (non-hydrogen) atoms. The largest absolute Gasteiger partial charge is 0.330 e. The summed E-state index contributed by atoms with van der Waals surface area (Å²) in [6, 6.07) is 5.22. The van der Waals surface area contributed by atoms with Crippen molar-refractivity contribution >= 4 is 39.1 Å². The maximum Gasteiger partial charge on any atom is 0.224 e. The van der Waals surface area contributed by atoms with Crippen LogP contribution in [0.4, 0.5) is 5.69 Å². The van der Waals surface area contributed by atoms with Crippen LogP contribution in [-0.4, -0.2) is 12.5 Å². The first-order valence-electron chi connectivity index (χ1n) is 4.58. The van der Waals surface area contributed by atoms with Gasteiger partial charge in [0.05, 0.1) is 5.69 Å². The van der Waals surface area contributed by atoms with Crippen LogP contribution < -0.4 is 11.1 Å². The number of hydrogen-bond donors (Lipinski definition) is 2. The van der Waals surface area contributed by atoms with E-state index in [9.17, 15) is 4.79 Å². The third-order valence-electron chi connectivity index (χ3n) is 1.81. The highest BCUT2D eigenvalue weighted by Gasteiger charge is 2.05. The summed E-state index contributed by atoms with van der Waals surface area (Å²) < 4.78 is 0.774. The Morgan fingerprint density at radius 1 is 1.53 bits per heavy atom. The summed E-state index contributed by atoms with van der Waals surface area (Å²) in [5.74, 6) is -0.0385. The van der Waals surface area contributed by atoms with Gasteiger partial charge in [-0.2, -0.15) is 0 Å². The average molecular weight is 292 g/mol. The van der Waals surface area contributed by atoms with E-state index in [4.69, 9.17) is 17.3 Å². The van der Waals surface area contributed by atoms with E-state index in [2.05, 4.69) is 21.2 Å². The van der Waals surface area contributed by atoms with E-state index >= 15 is 0 Å². The molecule has 0 bridgehead atoms. The number of carbonyl (C=O) groups is 1. The normalized spacial score (nSPS) is 10.1. The van der Waals surface area contributed by atoms with Gasteiger partial charge in [0, 0.05) is 15.9 Å². The number of rotatable bonds is 4. The van der Waals surface area contributed by atoms with Gasteiger partial charge in [0.15, 0.2) is 0 Å². The Balaban J connectivity index is 2.60. The van der Waals surface area contributed by atoms with E-state index in [0.29, 0.717) is 24.4 Å². The van der Waals surface area contributed by atoms with Crippen molar-refractivity contribution in [3.05, 3.63) is 27.7 Å². The lowest BCUT2D eigenvalue weighted by atomic mass is 10.2. The zero-order valence-electron chi connectivity index (χ0n) is 8.09. The Kier molecular flexibility index (Phi) is 5.08. The molecule has 82 valence electrons. The number of nitrogens with one attached hydrogen (secondary N) is 1. The van der Waals surface area contributed by atoms with Crippen LogP contribution in [0.3, 0.4) is 0 Å². The highest BCUT2D eigenvalue weighted by atomic mass is 79.9. The first-order chi connectivity index (χ1) is 7.13. The van der Waals surface area contributed by atoms with Gasteiger partial charge in [-0.15, -0.1) is 0 Å². The second-order valence-electron chi connectivity index (χ2n) is 3.06. The number of benzene rings is 1. The van der Waals surface area contributed by atoms with E-state index in [-0.39, 0.29) is 5.91 Å². The summed E-state index contributed by atoms with van der Waals surface area (Å²) in [5, 5.41) is 3.40. The molecule has 0 atom stereocenters. The van der Waals surface area contributed by atoms with Crippen molar-refractivity contribution in [1.29, 1.82) is 0 Å². The van der Waals surface area contributed by atoms with Gasteiger partial charge in [0.25, 0.3) is 0 Å². The fourth-order valence-corrected chi connectivity index (χ4v) is 1.85. The van der Waals surface area contributed by atoms with Crippen LogP contribution in [0.15, 0.2) is 22.7 Å². The number of amides is 1. The summed E-state index contributed by atoms with van der Waals surface area (Å²) in [6.45, 7) is 0.523. The maximum absolute atomic E-state index is 11.4. The fraction of sp³-hybridized carbons (Fsp3) is 0.300. The minimum atomic E-state index is -0.0385. The van der Waals surface area contributed by atoms with E-state index in [1.807, 2.05) is 0 Å². The van der Waals surface area contributed by atoms with Gasteiger partial charge in [-0.05, 0) is 47.1 Å². The topological polar surface area (TPSA) is 55.1 Å². The lowest BCUT2D eigenvalue weighted by Gasteiger charge is -2.07. The van der Waals surface area contributed by atoms with Gasteiger partial charge in [-0.25, -0.2) is 0 Å². The van der Waals surface area contributed by atoms with Crippen LogP contribution in [0.2, 0.25) is 5.02 Å². The van der Waals surface area contributed by atoms with Crippen molar-refractivity contribution < 1.29 is 4.79 Å². The van der Waals surface area contributed by atoms with Gasteiger partial charge in [-0.3, -0.25) is 4.79 Å². The molecule has 0 spiro atoms. The second-order valence-corrected chi connectivity index (χ2v) is 4.36. The number of nitrogens with two attached hydrogens (primary N) is 1. The molecule has 0 heterocycles. The molecule has 0 aliphatic carbocycles. The molecule has 1 aromatic carbocycles. The number of hydrogen-bond acceptors (Lipinski definition) is 2. The van der Waals surface area contributed by atoms with E-state index in [1.54, 1.807) is 18.2 Å². The molecule has 0 fully saturated rings. The number of carbonyl (C=O) groups excluding carboxylic acids is 1. The number of anilines is 1. The van der Waals surface area contributed by atoms with Crippen LogP contribution in [0.5, 0.6) is 0 Å². The fourth-order valence-electron chi connectivity index (χ4n) is 1.07. The van der Waals surface area contributed by atoms with Gasteiger partial charge >= 0.3 is 0 Å². The molecule has 3 nitrogen and oxygen atoms in total. The monoisotopic (exact) mass is 290 g/mol. The molecule has 0 saturated carbocycles. The summed E-state index contributed by atoms with van der Waals surface area (Å²) in [5.41, 5.74) is 6.04. The number of halogens is 2. The minimum Gasteiger partial charge on any atom is -0.330 e. The summed E-state index contributed by atoms with van der Waals surface area (Å²) >= 11 is 9.10. The molecule has 0 aliphatic rings. The first kappa shape index (κ1) is 12.5. The van der Waals surface area contributed by atoms with Crippen molar-refractivity contribution in [2.45, 2.75) is 12.8 Å². The molecule has 0 aromatic heterocycles. The molecule has 0 radical (unpaired) electrons. The summed E-state index contributed by atoms with van der Waals surface area (Å²) in [7, 11) is 0. The van der Waals surface area contributed by atoms with Gasteiger partial charge in [-0.1, -0.05) is 11.6 Å². The smallest absolute Gasteiger partial charge is 0.224 e. The van der Waals surface area contributed by atoms with Crippen molar-refractivity contribution in [3.8, 4) is 0 Å². The molecular formula is C10H12BrClN2O. The van der Waals surface area contributed by atoms with E-state index in [1.165, 1.54) is 0 Å². The molecule has 0 unspecified atom stereocenters. The Morgan fingerprint density at radius 2 is 2.27 bits per heavy atom. The van der Waals surface area contributed by atoms with E-state index < -0.39 is 0 Å². The molecule has 3 N–H and O–H groups in total. The summed E-state index contributed by atoms with van der Waals surface area (Å²) in [6.07, 6.45) is 1.13. The van der Waals surface area contributed by atoms with E-state index in [0.717, 1.165) is 10.2 Å². The predicted octanol–water partition coefficient (Wildman–Crippen LogP) is 2.78. The van der Waals surface area contributed by atoms with Crippen molar-refractivity contribution in [1.82, 2.24) is 0 Å². The third-order valence-corrected chi connectivity index (χ3v) is 2.70. The SMILES string of the molecule is NCCCC(=O)Nc1ccc(Cl)cc1Br. The summed E-state index contributed by atoms with van der Waals surface area (Å²) in [4.78, 5) is 11.4. The lowest BCUT2D eigenvalue weighted by molar-refractivity contribution is -0.116. The Bertz CT molecular complexity index is 357. The average Bonchev–Trinajstić information content (AvgIpc) is 2.19. The highest BCUT2D eigenvalue weighted by Crippen LogP contribution is 2.25. The minimum absolute atomic E-state index is 0.0385. The van der Waals surface area contributed by atoms with Crippen LogP contribution in [0.25, 0.3) is 0 Å². The molecule has 1 rings (SSSR count). The molecule has 1 amide bonds. The quantitative estimate of drug-likeness (QED) is 0.896. The first-order valence-corrected chi connectivity index (χ1v) is 5.75. The standard InChI is InChI=1S/C10H12BrClN2O/c11-8-6-7(12)3-4-9(8)14-10(15)2-1-5-13/h3-4,6H,1-2,5,13H2,(H,14,15). The Labute approximate surface area is 102 Å². The van der Waals surface area contributed by atoms with Gasteiger partial charge < -0.3 is 11.1 Å². The predicted molar refractivity (Wildman–Crippen MR) is 66.1 cm³/mol. The highest BCUT2D eigenvalue weighted by molar-refractivity contribution is 9.10. The van der Waals surface area contributed by atoms with Crippen LogP contribution in [0, 0.1) is 0 Å². The molecule has 0 saturated heterocycles. The second kappa shape index (κ2) is 6.10. The van der Waals surface area contributed by atoms with Gasteiger partial charge in [0.1, 0.15) is 0 Å². The molecule has 5 heteroatoms. The molecule has 0 aliphatic heterocycles. The molecular weight excluding hydrogens is 279 g/mol. The maximum atomic E-state index is 11.4. The zero-order chi connectivity index (χ0) is 11.3.